The van der Waals surface area contributed by atoms with Gasteiger partial charge in [0.15, 0.2) is 0 Å². The molecule has 6 nitrogen and oxygen atoms in total. The average molecular weight is 159 g/mol. The van der Waals surface area contributed by atoms with E-state index in [1.54, 1.807) is 0 Å². The highest BCUT2D eigenvalue weighted by Crippen LogP contribution is 1.87. The fourth-order valence-corrected chi connectivity index (χ4v) is 0.223. The molecule has 0 unspecified atom stereocenters. The third kappa shape index (κ3) is 7.27. The van der Waals surface area contributed by atoms with Crippen LogP contribution < -0.4 is 5.14 Å². The maximum atomic E-state index is 10.9. The zero-order valence-corrected chi connectivity index (χ0v) is 4.72. The van der Waals surface area contributed by atoms with Gasteiger partial charge in [-0.25, -0.2) is 14.8 Å². The third-order valence-corrected chi connectivity index (χ3v) is 0.452. The molecule has 0 spiro atoms. The van der Waals surface area contributed by atoms with Crippen LogP contribution in [0, 0.1) is 0 Å². The van der Waals surface area contributed by atoms with Gasteiger partial charge in [-0.15, -0.1) is 4.39 Å². The lowest BCUT2D eigenvalue weighted by Gasteiger charge is -1.91. The molecule has 0 saturated carbocycles. The predicted octanol–water partition coefficient (Wildman–Crippen LogP) is -0.772. The lowest BCUT2D eigenvalue weighted by Crippen LogP contribution is -2.16. The van der Waals surface area contributed by atoms with Crippen LogP contribution in [0.1, 0.15) is 0 Å². The molecule has 8 heteroatoms. The van der Waals surface area contributed by atoms with Gasteiger partial charge < -0.3 is 0 Å². The highest BCUT2D eigenvalue weighted by atomic mass is 32.2. The second kappa shape index (κ2) is 2.71. The number of hydrogen-bond donors (Lipinski definition) is 1. The van der Waals surface area contributed by atoms with E-state index in [1.165, 1.54) is 0 Å². The summed E-state index contributed by atoms with van der Waals surface area (Å²) in [5, 5.41) is 4.09. The average Bonchev–Trinajstić information content (AvgIpc) is 1.59. The predicted molar refractivity (Wildman–Crippen MR) is 21.8 cm³/mol. The summed E-state index contributed by atoms with van der Waals surface area (Å²) < 4.78 is 33.2. The molecule has 0 fully saturated rings. The Hall–Kier alpha value is -0.730. The highest BCUT2D eigenvalue weighted by Gasteiger charge is 2.07. The van der Waals surface area contributed by atoms with Crippen LogP contribution >= 0.6 is 0 Å². The first-order valence-corrected chi connectivity index (χ1v) is 2.97. The molecule has 0 aliphatic rings. The van der Waals surface area contributed by atoms with Gasteiger partial charge in [-0.2, -0.15) is 8.42 Å². The first-order chi connectivity index (χ1) is 3.92. The summed E-state index contributed by atoms with van der Waals surface area (Å²) in [5.41, 5.74) is 0. The summed E-state index contributed by atoms with van der Waals surface area (Å²) >= 11 is 0. The molecule has 0 heterocycles. The van der Waals surface area contributed by atoms with Crippen molar-refractivity contribution in [1.82, 2.24) is 0 Å². The van der Waals surface area contributed by atoms with Gasteiger partial charge in [0, 0.05) is 0 Å². The lowest BCUT2D eigenvalue weighted by atomic mass is 11.5. The normalized spacial score (nSPS) is 10.9. The van der Waals surface area contributed by atoms with Crippen LogP contribution in [0.2, 0.25) is 0 Å². The van der Waals surface area contributed by atoms with Crippen LogP contribution in [-0.2, 0) is 19.5 Å². The van der Waals surface area contributed by atoms with Crippen LogP contribution in [0.3, 0.4) is 0 Å². The summed E-state index contributed by atoms with van der Waals surface area (Å²) in [6.45, 7) is 0. The van der Waals surface area contributed by atoms with Gasteiger partial charge in [0.1, 0.15) is 0 Å². The van der Waals surface area contributed by atoms with E-state index in [9.17, 15) is 12.8 Å². The Balaban J connectivity index is 3.67. The molecular weight excluding hydrogens is 157 g/mol. The van der Waals surface area contributed by atoms with Crippen LogP contribution in [0.25, 0.3) is 0 Å². The van der Waals surface area contributed by atoms with E-state index in [2.05, 4.69) is 14.4 Å². The number of carbonyl (C=O) groups excluding carboxylic acids is 1. The second-order valence-corrected chi connectivity index (χ2v) is 2.00. The van der Waals surface area contributed by atoms with Crippen molar-refractivity contribution in [2.75, 3.05) is 0 Å². The fourth-order valence-electron chi connectivity index (χ4n) is 0.0742. The first kappa shape index (κ1) is 8.27. The van der Waals surface area contributed by atoms with Gasteiger partial charge >= 0.3 is 16.5 Å². The van der Waals surface area contributed by atoms with Gasteiger partial charge in [0.05, 0.1) is 0 Å². The standard InChI is InChI=1S/CH2FNO5S/c2-1(4)7-8-9(3,5)6/h(H2,3,5,6). The summed E-state index contributed by atoms with van der Waals surface area (Å²) in [6.07, 6.45) is -2.39. The molecule has 2 N–H and O–H groups in total. The van der Waals surface area contributed by atoms with Crippen molar-refractivity contribution < 1.29 is 26.8 Å². The van der Waals surface area contributed by atoms with Gasteiger partial charge in [-0.3, -0.25) is 0 Å². The minimum Gasteiger partial charge on any atom is -0.247 e. The van der Waals surface area contributed by atoms with E-state index in [4.69, 9.17) is 4.79 Å². The van der Waals surface area contributed by atoms with E-state index >= 15 is 0 Å². The fraction of sp³-hybridized carbons (Fsp3) is 0. The quantitative estimate of drug-likeness (QED) is 0.324. The molecule has 0 aliphatic heterocycles. The summed E-state index contributed by atoms with van der Waals surface area (Å²) in [6, 6.07) is 0. The maximum absolute atomic E-state index is 10.9. The van der Waals surface area contributed by atoms with E-state index in [-0.39, 0.29) is 0 Å². The zero-order chi connectivity index (χ0) is 7.49. The van der Waals surface area contributed by atoms with Crippen LogP contribution in [-0.4, -0.2) is 14.6 Å². The third-order valence-electron chi connectivity index (χ3n) is 0.194. The van der Waals surface area contributed by atoms with Crippen molar-refractivity contribution in [2.24, 2.45) is 5.14 Å². The number of nitrogens with two attached hydrogens (primary N) is 1. The Bertz CT molecular complexity index is 195. The maximum Gasteiger partial charge on any atom is 0.528 e. The number of rotatable bonds is 2. The molecule has 0 aromatic rings. The Morgan fingerprint density at radius 1 is 1.56 bits per heavy atom. The van der Waals surface area contributed by atoms with E-state index < -0.39 is 16.5 Å². The van der Waals surface area contributed by atoms with E-state index in [0.717, 1.165) is 0 Å². The first-order valence-electron chi connectivity index (χ1n) is 1.50. The second-order valence-electron chi connectivity index (χ2n) is 0.882. The van der Waals surface area contributed by atoms with Crippen LogP contribution in [0.4, 0.5) is 9.18 Å². The molecule has 0 radical (unpaired) electrons. The molecule has 0 aromatic carbocycles. The minimum atomic E-state index is -4.40. The molecule has 0 aliphatic carbocycles. The monoisotopic (exact) mass is 159 g/mol. The summed E-state index contributed by atoms with van der Waals surface area (Å²) in [7, 11) is -4.40. The largest absolute Gasteiger partial charge is 0.528 e. The number of carbonyl (C=O) groups is 1. The molecule has 0 saturated heterocycles. The van der Waals surface area contributed by atoms with Crippen molar-refractivity contribution in [3.05, 3.63) is 0 Å². The van der Waals surface area contributed by atoms with E-state index in [0.29, 0.717) is 0 Å². The highest BCUT2D eigenvalue weighted by molar-refractivity contribution is 7.84. The molecule has 54 valence electrons. The van der Waals surface area contributed by atoms with Crippen molar-refractivity contribution in [2.45, 2.75) is 0 Å². The molecule has 0 aromatic heterocycles. The Morgan fingerprint density at radius 3 is 2.11 bits per heavy atom. The molecule has 0 atom stereocenters. The zero-order valence-electron chi connectivity index (χ0n) is 3.90. The summed E-state index contributed by atoms with van der Waals surface area (Å²) in [5.74, 6) is 0. The lowest BCUT2D eigenvalue weighted by molar-refractivity contribution is -0.146. The number of halogens is 1. The number of hydrogen-bond acceptors (Lipinski definition) is 5. The van der Waals surface area contributed by atoms with Gasteiger partial charge in [0.2, 0.25) is 0 Å². The van der Waals surface area contributed by atoms with Crippen molar-refractivity contribution >= 4 is 16.5 Å². The van der Waals surface area contributed by atoms with Crippen molar-refractivity contribution in [3.63, 3.8) is 0 Å². The topological polar surface area (TPSA) is 95.7 Å². The van der Waals surface area contributed by atoms with Gasteiger partial charge in [-0.05, 0) is 4.33 Å². The molecule has 0 amide bonds. The Morgan fingerprint density at radius 2 is 2.00 bits per heavy atom. The minimum absolute atomic E-state index is 2.39. The Kier molecular flexibility index (Phi) is 2.49. The van der Waals surface area contributed by atoms with Crippen LogP contribution in [0.5, 0.6) is 0 Å². The van der Waals surface area contributed by atoms with E-state index in [1.807, 2.05) is 0 Å². The van der Waals surface area contributed by atoms with Crippen molar-refractivity contribution in [3.8, 4) is 0 Å². The summed E-state index contributed by atoms with van der Waals surface area (Å²) in [4.78, 5) is 12.0. The van der Waals surface area contributed by atoms with Crippen molar-refractivity contribution in [1.29, 1.82) is 0 Å². The van der Waals surface area contributed by atoms with Crippen LogP contribution in [0.15, 0.2) is 0 Å². The van der Waals surface area contributed by atoms with Gasteiger partial charge in [0.25, 0.3) is 0 Å². The Labute approximate surface area is 49.5 Å². The molecule has 9 heavy (non-hydrogen) atoms. The van der Waals surface area contributed by atoms with Gasteiger partial charge in [-0.1, -0.05) is 0 Å². The molecule has 0 rings (SSSR count). The smallest absolute Gasteiger partial charge is 0.247 e. The molecular formula is CH2FNO5S. The molecule has 0 bridgehead atoms. The SMILES string of the molecule is NS(=O)(=O)OOC(=O)F.